The second kappa shape index (κ2) is 4.44. The Morgan fingerprint density at radius 2 is 2.31 bits per heavy atom. The lowest BCUT2D eigenvalue weighted by Crippen LogP contribution is -2.24. The summed E-state index contributed by atoms with van der Waals surface area (Å²) in [5.74, 6) is 0.0246. The molecular formula is C11H8BrClN2O. The number of nitrogens with zero attached hydrogens (tertiary/aromatic N) is 2. The number of amides is 1. The Morgan fingerprint density at radius 1 is 1.56 bits per heavy atom. The number of anilines is 1. The zero-order valence-electron chi connectivity index (χ0n) is 8.28. The van der Waals surface area contributed by atoms with Crippen LogP contribution in [0.1, 0.15) is 12.0 Å². The molecule has 0 spiro atoms. The van der Waals surface area contributed by atoms with E-state index in [1.807, 2.05) is 0 Å². The SMILES string of the molecule is N#Cc1ccc(N2CC(Cl)CC2=O)cc1Br. The Balaban J connectivity index is 2.32. The van der Waals surface area contributed by atoms with E-state index in [-0.39, 0.29) is 11.3 Å². The fourth-order valence-electron chi connectivity index (χ4n) is 1.68. The van der Waals surface area contributed by atoms with E-state index in [1.165, 1.54) is 0 Å². The van der Waals surface area contributed by atoms with Gasteiger partial charge in [0.25, 0.3) is 0 Å². The second-order valence-corrected chi connectivity index (χ2v) is 5.05. The van der Waals surface area contributed by atoms with Gasteiger partial charge in [-0.15, -0.1) is 11.6 Å². The van der Waals surface area contributed by atoms with Crippen molar-refractivity contribution in [1.82, 2.24) is 0 Å². The summed E-state index contributed by atoms with van der Waals surface area (Å²) < 4.78 is 0.693. The van der Waals surface area contributed by atoms with Gasteiger partial charge in [-0.25, -0.2) is 0 Å². The molecule has 1 unspecified atom stereocenters. The molecule has 3 nitrogen and oxygen atoms in total. The second-order valence-electron chi connectivity index (χ2n) is 3.58. The minimum atomic E-state index is -0.123. The van der Waals surface area contributed by atoms with E-state index in [1.54, 1.807) is 23.1 Å². The molecule has 1 amide bonds. The topological polar surface area (TPSA) is 44.1 Å². The highest BCUT2D eigenvalue weighted by Crippen LogP contribution is 2.28. The van der Waals surface area contributed by atoms with Crippen LogP contribution < -0.4 is 4.90 Å². The first-order chi connectivity index (χ1) is 7.61. The lowest BCUT2D eigenvalue weighted by atomic mass is 10.2. The normalized spacial score (nSPS) is 19.9. The van der Waals surface area contributed by atoms with Crippen LogP contribution in [-0.2, 0) is 4.79 Å². The Labute approximate surface area is 107 Å². The molecule has 5 heteroatoms. The summed E-state index contributed by atoms with van der Waals surface area (Å²) in [6, 6.07) is 7.27. The molecule has 16 heavy (non-hydrogen) atoms. The molecule has 0 aromatic heterocycles. The summed E-state index contributed by atoms with van der Waals surface area (Å²) in [7, 11) is 0. The molecule has 0 bridgehead atoms. The van der Waals surface area contributed by atoms with Gasteiger partial charge >= 0.3 is 0 Å². The molecule has 1 heterocycles. The van der Waals surface area contributed by atoms with Gasteiger partial charge in [-0.1, -0.05) is 0 Å². The van der Waals surface area contributed by atoms with Gasteiger partial charge in [-0.3, -0.25) is 4.79 Å². The van der Waals surface area contributed by atoms with E-state index in [0.717, 1.165) is 5.69 Å². The van der Waals surface area contributed by atoms with Gasteiger partial charge in [0.2, 0.25) is 5.91 Å². The van der Waals surface area contributed by atoms with Crippen LogP contribution in [-0.4, -0.2) is 17.8 Å². The van der Waals surface area contributed by atoms with Gasteiger partial charge in [0.15, 0.2) is 0 Å². The van der Waals surface area contributed by atoms with Crippen molar-refractivity contribution in [2.75, 3.05) is 11.4 Å². The van der Waals surface area contributed by atoms with Crippen LogP contribution in [0.15, 0.2) is 22.7 Å². The van der Waals surface area contributed by atoms with E-state index >= 15 is 0 Å². The molecule has 0 saturated carbocycles. The number of benzene rings is 1. The average molecular weight is 300 g/mol. The number of halogens is 2. The predicted octanol–water partition coefficient (Wildman–Crippen LogP) is 2.66. The van der Waals surface area contributed by atoms with E-state index in [9.17, 15) is 4.79 Å². The first kappa shape index (κ1) is 11.4. The molecule has 1 aromatic rings. The third-order valence-corrected chi connectivity index (χ3v) is 3.41. The highest BCUT2D eigenvalue weighted by Gasteiger charge is 2.29. The molecule has 1 aliphatic heterocycles. The molecule has 1 fully saturated rings. The highest BCUT2D eigenvalue weighted by atomic mass is 79.9. The van der Waals surface area contributed by atoms with Crippen LogP contribution in [0.3, 0.4) is 0 Å². The van der Waals surface area contributed by atoms with Crippen molar-refractivity contribution in [3.8, 4) is 6.07 Å². The van der Waals surface area contributed by atoms with Crippen LogP contribution in [0.5, 0.6) is 0 Å². The van der Waals surface area contributed by atoms with Crippen LogP contribution in [0.25, 0.3) is 0 Å². The zero-order chi connectivity index (χ0) is 11.7. The molecule has 1 aliphatic rings. The predicted molar refractivity (Wildman–Crippen MR) is 65.5 cm³/mol. The van der Waals surface area contributed by atoms with Gasteiger partial charge in [0, 0.05) is 23.1 Å². The lowest BCUT2D eigenvalue weighted by Gasteiger charge is -2.16. The standard InChI is InChI=1S/C11H8BrClN2O/c12-10-4-9(2-1-7(10)5-14)15-6-8(13)3-11(15)16/h1-2,4,8H,3,6H2. The summed E-state index contributed by atoms with van der Waals surface area (Å²) >= 11 is 9.22. The van der Waals surface area contributed by atoms with Crippen molar-refractivity contribution in [1.29, 1.82) is 5.26 Å². The molecule has 0 N–H and O–H groups in total. The molecule has 0 aliphatic carbocycles. The van der Waals surface area contributed by atoms with Crippen molar-refractivity contribution in [3.05, 3.63) is 28.2 Å². The van der Waals surface area contributed by atoms with E-state index in [4.69, 9.17) is 16.9 Å². The van der Waals surface area contributed by atoms with E-state index in [0.29, 0.717) is 23.0 Å². The Hall–Kier alpha value is -1.05. The van der Waals surface area contributed by atoms with Crippen LogP contribution in [0.4, 0.5) is 5.69 Å². The minimum absolute atomic E-state index is 0.0246. The third-order valence-electron chi connectivity index (χ3n) is 2.46. The molecule has 82 valence electrons. The summed E-state index contributed by atoms with van der Waals surface area (Å²) in [4.78, 5) is 13.3. The number of hydrogen-bond acceptors (Lipinski definition) is 2. The van der Waals surface area contributed by atoms with Gasteiger partial charge in [-0.05, 0) is 34.1 Å². The molecular weight excluding hydrogens is 291 g/mol. The number of nitriles is 1. The van der Waals surface area contributed by atoms with E-state index < -0.39 is 0 Å². The van der Waals surface area contributed by atoms with E-state index in [2.05, 4.69) is 22.0 Å². The van der Waals surface area contributed by atoms with Gasteiger partial charge < -0.3 is 4.90 Å². The third kappa shape index (κ3) is 2.06. The number of alkyl halides is 1. The van der Waals surface area contributed by atoms with Gasteiger partial charge in [0.05, 0.1) is 10.9 Å². The monoisotopic (exact) mass is 298 g/mol. The van der Waals surface area contributed by atoms with Crippen LogP contribution in [0.2, 0.25) is 0 Å². The Morgan fingerprint density at radius 3 is 2.81 bits per heavy atom. The molecule has 0 radical (unpaired) electrons. The van der Waals surface area contributed by atoms with Crippen molar-refractivity contribution in [3.63, 3.8) is 0 Å². The number of carbonyl (C=O) groups excluding carboxylic acids is 1. The summed E-state index contributed by atoms with van der Waals surface area (Å²) in [6.45, 7) is 0.527. The average Bonchev–Trinajstić information content (AvgIpc) is 2.58. The lowest BCUT2D eigenvalue weighted by molar-refractivity contribution is -0.117. The van der Waals surface area contributed by atoms with Crippen molar-refractivity contribution in [2.24, 2.45) is 0 Å². The van der Waals surface area contributed by atoms with Gasteiger partial charge in [-0.2, -0.15) is 5.26 Å². The molecule has 1 aromatic carbocycles. The Kier molecular flexibility index (Phi) is 3.17. The van der Waals surface area contributed by atoms with Crippen molar-refractivity contribution in [2.45, 2.75) is 11.8 Å². The van der Waals surface area contributed by atoms with Crippen LogP contribution >= 0.6 is 27.5 Å². The molecule has 1 saturated heterocycles. The zero-order valence-corrected chi connectivity index (χ0v) is 10.6. The number of rotatable bonds is 1. The number of hydrogen-bond donors (Lipinski definition) is 0. The smallest absolute Gasteiger partial charge is 0.228 e. The largest absolute Gasteiger partial charge is 0.311 e. The summed E-state index contributed by atoms with van der Waals surface area (Å²) in [5.41, 5.74) is 1.33. The maximum atomic E-state index is 11.6. The maximum absolute atomic E-state index is 11.6. The molecule has 2 rings (SSSR count). The number of carbonyl (C=O) groups is 1. The molecule has 1 atom stereocenters. The quantitative estimate of drug-likeness (QED) is 0.748. The van der Waals surface area contributed by atoms with Crippen LogP contribution in [0, 0.1) is 11.3 Å². The summed E-state index contributed by atoms with van der Waals surface area (Å²) in [6.07, 6.45) is 0.374. The highest BCUT2D eigenvalue weighted by molar-refractivity contribution is 9.10. The van der Waals surface area contributed by atoms with Gasteiger partial charge in [0.1, 0.15) is 6.07 Å². The maximum Gasteiger partial charge on any atom is 0.228 e. The minimum Gasteiger partial charge on any atom is -0.311 e. The summed E-state index contributed by atoms with van der Waals surface area (Å²) in [5, 5.41) is 8.66. The fourth-order valence-corrected chi connectivity index (χ4v) is 2.40. The first-order valence-corrected chi connectivity index (χ1v) is 5.99. The fraction of sp³-hybridized carbons (Fsp3) is 0.273. The van der Waals surface area contributed by atoms with Crippen molar-refractivity contribution >= 4 is 39.1 Å². The Bertz CT molecular complexity index is 483. The van der Waals surface area contributed by atoms with Crippen molar-refractivity contribution < 1.29 is 4.79 Å². The first-order valence-electron chi connectivity index (χ1n) is 4.76.